The van der Waals surface area contributed by atoms with E-state index < -0.39 is 0 Å². The van der Waals surface area contributed by atoms with Gasteiger partial charge in [0.2, 0.25) is 0 Å². The van der Waals surface area contributed by atoms with Gasteiger partial charge in [-0.25, -0.2) is 0 Å². The summed E-state index contributed by atoms with van der Waals surface area (Å²) in [5, 5.41) is 0. The molecular weight excluding hydrogens is 176 g/mol. The minimum absolute atomic E-state index is 0.326. The van der Waals surface area contributed by atoms with Gasteiger partial charge in [-0.1, -0.05) is 19.9 Å². The Balaban J connectivity index is 0.000000461. The Kier molecular flexibility index (Phi) is 3.61. The molecule has 78 valence electrons. The maximum atomic E-state index is 5.99. The molecule has 1 saturated heterocycles. The maximum absolute atomic E-state index is 5.99. The molecule has 14 heavy (non-hydrogen) atoms. The van der Waals surface area contributed by atoms with Crippen LogP contribution in [0.15, 0.2) is 18.3 Å². The number of ether oxygens (including phenoxy) is 1. The zero-order valence-corrected chi connectivity index (χ0v) is 9.08. The highest BCUT2D eigenvalue weighted by Gasteiger charge is 2.37. The number of pyridine rings is 1. The summed E-state index contributed by atoms with van der Waals surface area (Å²) in [5.74, 6) is 0. The van der Waals surface area contributed by atoms with Gasteiger partial charge in [-0.05, 0) is 18.6 Å². The van der Waals surface area contributed by atoms with Gasteiger partial charge < -0.3 is 10.5 Å². The van der Waals surface area contributed by atoms with Crippen LogP contribution in [-0.4, -0.2) is 18.2 Å². The van der Waals surface area contributed by atoms with Gasteiger partial charge in [-0.3, -0.25) is 4.98 Å². The smallest absolute Gasteiger partial charge is 0.106 e. The van der Waals surface area contributed by atoms with Crippen LogP contribution in [0.25, 0.3) is 0 Å². The van der Waals surface area contributed by atoms with Crippen molar-refractivity contribution in [3.63, 3.8) is 0 Å². The Bertz CT molecular complexity index is 278. The summed E-state index contributed by atoms with van der Waals surface area (Å²) in [4.78, 5) is 4.27. The number of rotatable bonds is 1. The van der Waals surface area contributed by atoms with E-state index in [1.807, 2.05) is 39.1 Å². The Morgan fingerprint density at radius 3 is 2.36 bits per heavy atom. The number of nitrogens with zero attached hydrogens (tertiary/aromatic N) is 1. The van der Waals surface area contributed by atoms with E-state index in [1.54, 1.807) is 0 Å². The lowest BCUT2D eigenvalue weighted by Gasteiger charge is -2.37. The van der Waals surface area contributed by atoms with Crippen molar-refractivity contribution in [1.82, 2.24) is 4.98 Å². The molecule has 3 heteroatoms. The third kappa shape index (κ3) is 2.11. The van der Waals surface area contributed by atoms with E-state index >= 15 is 0 Å². The van der Waals surface area contributed by atoms with Crippen molar-refractivity contribution in [2.24, 2.45) is 5.73 Å². The van der Waals surface area contributed by atoms with Crippen LogP contribution in [0.3, 0.4) is 0 Å². The van der Waals surface area contributed by atoms with Crippen molar-refractivity contribution in [2.45, 2.75) is 26.3 Å². The Morgan fingerprint density at radius 1 is 1.36 bits per heavy atom. The van der Waals surface area contributed by atoms with Crippen LogP contribution in [0, 0.1) is 6.92 Å². The van der Waals surface area contributed by atoms with Crippen LogP contribution in [0.2, 0.25) is 0 Å². The van der Waals surface area contributed by atoms with Crippen molar-refractivity contribution in [1.29, 1.82) is 0 Å². The molecule has 1 fully saturated rings. The molecule has 2 N–H and O–H groups in total. The van der Waals surface area contributed by atoms with Crippen molar-refractivity contribution in [3.05, 3.63) is 29.6 Å². The second kappa shape index (κ2) is 4.53. The van der Waals surface area contributed by atoms with Crippen LogP contribution in [0.1, 0.15) is 25.1 Å². The predicted octanol–water partition coefficient (Wildman–Crippen LogP) is 1.60. The predicted molar refractivity (Wildman–Crippen MR) is 57.0 cm³/mol. The summed E-state index contributed by atoms with van der Waals surface area (Å²) in [5.41, 5.74) is 7.75. The van der Waals surface area contributed by atoms with Crippen molar-refractivity contribution in [2.75, 3.05) is 13.2 Å². The Labute approximate surface area is 85.3 Å². The van der Waals surface area contributed by atoms with Gasteiger partial charge in [0.1, 0.15) is 5.54 Å². The number of hydrogen-bond acceptors (Lipinski definition) is 3. The highest BCUT2D eigenvalue weighted by Crippen LogP contribution is 2.24. The molecule has 1 aromatic heterocycles. The topological polar surface area (TPSA) is 48.1 Å². The quantitative estimate of drug-likeness (QED) is 0.738. The standard InChI is InChI=1S/C9H12N2O.C2H6/c1-7-2-3-8(11-4-7)9(10)5-12-6-9;1-2/h2-4H,5-6,10H2,1H3;1-2H3. The maximum Gasteiger partial charge on any atom is 0.106 e. The first-order valence-electron chi connectivity index (χ1n) is 5.00. The number of aromatic nitrogens is 1. The summed E-state index contributed by atoms with van der Waals surface area (Å²) in [7, 11) is 0. The van der Waals surface area contributed by atoms with Gasteiger partial charge in [-0.2, -0.15) is 0 Å². The molecule has 1 aromatic rings. The van der Waals surface area contributed by atoms with Gasteiger partial charge in [0.05, 0.1) is 18.9 Å². The van der Waals surface area contributed by atoms with Gasteiger partial charge in [0.25, 0.3) is 0 Å². The molecule has 0 radical (unpaired) electrons. The molecule has 1 aliphatic heterocycles. The lowest BCUT2D eigenvalue weighted by molar-refractivity contribution is -0.0590. The molecule has 0 saturated carbocycles. The van der Waals surface area contributed by atoms with Crippen LogP contribution in [0.5, 0.6) is 0 Å². The van der Waals surface area contributed by atoms with Crippen LogP contribution in [-0.2, 0) is 10.3 Å². The molecule has 0 atom stereocenters. The first kappa shape index (κ1) is 11.1. The molecular formula is C11H18N2O. The average Bonchev–Trinajstić information content (AvgIpc) is 2.19. The fourth-order valence-electron chi connectivity index (χ4n) is 1.23. The third-order valence-electron chi connectivity index (χ3n) is 2.14. The van der Waals surface area contributed by atoms with Crippen molar-refractivity contribution >= 4 is 0 Å². The average molecular weight is 194 g/mol. The molecule has 0 spiro atoms. The molecule has 0 aromatic carbocycles. The zero-order valence-electron chi connectivity index (χ0n) is 9.08. The molecule has 0 unspecified atom stereocenters. The molecule has 2 heterocycles. The van der Waals surface area contributed by atoms with E-state index in [1.165, 1.54) is 0 Å². The van der Waals surface area contributed by atoms with Gasteiger partial charge in [0.15, 0.2) is 0 Å². The molecule has 0 aliphatic carbocycles. The molecule has 1 aliphatic rings. The van der Waals surface area contributed by atoms with Gasteiger partial charge in [0, 0.05) is 6.20 Å². The van der Waals surface area contributed by atoms with Crippen molar-refractivity contribution < 1.29 is 4.74 Å². The second-order valence-corrected chi connectivity index (χ2v) is 3.37. The van der Waals surface area contributed by atoms with E-state index in [-0.39, 0.29) is 5.54 Å². The number of hydrogen-bond donors (Lipinski definition) is 1. The van der Waals surface area contributed by atoms with E-state index in [9.17, 15) is 0 Å². The fraction of sp³-hybridized carbons (Fsp3) is 0.545. The Hall–Kier alpha value is -0.930. The number of aryl methyl sites for hydroxylation is 1. The third-order valence-corrected chi connectivity index (χ3v) is 2.14. The van der Waals surface area contributed by atoms with E-state index in [0.29, 0.717) is 13.2 Å². The fourth-order valence-corrected chi connectivity index (χ4v) is 1.23. The summed E-state index contributed by atoms with van der Waals surface area (Å²) < 4.78 is 5.06. The van der Waals surface area contributed by atoms with Crippen molar-refractivity contribution in [3.8, 4) is 0 Å². The van der Waals surface area contributed by atoms with Crippen LogP contribution in [0.4, 0.5) is 0 Å². The van der Waals surface area contributed by atoms with E-state index in [4.69, 9.17) is 10.5 Å². The monoisotopic (exact) mass is 194 g/mol. The Morgan fingerprint density at radius 2 is 2.00 bits per heavy atom. The minimum Gasteiger partial charge on any atom is -0.377 e. The summed E-state index contributed by atoms with van der Waals surface area (Å²) in [6.45, 7) is 7.18. The second-order valence-electron chi connectivity index (χ2n) is 3.37. The van der Waals surface area contributed by atoms with Crippen LogP contribution < -0.4 is 5.73 Å². The summed E-state index contributed by atoms with van der Waals surface area (Å²) in [6, 6.07) is 3.99. The first-order valence-corrected chi connectivity index (χ1v) is 5.00. The first-order chi connectivity index (χ1) is 6.71. The summed E-state index contributed by atoms with van der Waals surface area (Å²) in [6.07, 6.45) is 1.84. The van der Waals surface area contributed by atoms with Gasteiger partial charge >= 0.3 is 0 Å². The molecule has 3 nitrogen and oxygen atoms in total. The highest BCUT2D eigenvalue weighted by molar-refractivity contribution is 5.21. The molecule has 2 rings (SSSR count). The van der Waals surface area contributed by atoms with Gasteiger partial charge in [-0.15, -0.1) is 0 Å². The highest BCUT2D eigenvalue weighted by atomic mass is 16.5. The lowest BCUT2D eigenvalue weighted by Crippen LogP contribution is -2.54. The lowest BCUT2D eigenvalue weighted by atomic mass is 9.94. The van der Waals surface area contributed by atoms with Crippen LogP contribution >= 0.6 is 0 Å². The largest absolute Gasteiger partial charge is 0.377 e. The van der Waals surface area contributed by atoms with E-state index in [0.717, 1.165) is 11.3 Å². The SMILES string of the molecule is CC.Cc1ccc(C2(N)COC2)nc1. The summed E-state index contributed by atoms with van der Waals surface area (Å²) >= 11 is 0. The van der Waals surface area contributed by atoms with E-state index in [2.05, 4.69) is 4.98 Å². The minimum atomic E-state index is -0.326. The zero-order chi connectivity index (χ0) is 10.6. The molecule has 0 bridgehead atoms. The molecule has 0 amide bonds. The normalized spacial score (nSPS) is 17.7. The number of nitrogens with two attached hydrogens (primary N) is 1.